The maximum absolute atomic E-state index is 13.4. The van der Waals surface area contributed by atoms with E-state index in [1.54, 1.807) is 6.07 Å². The van der Waals surface area contributed by atoms with Gasteiger partial charge in [0.1, 0.15) is 11.6 Å². The summed E-state index contributed by atoms with van der Waals surface area (Å²) in [5, 5.41) is 6.15. The van der Waals surface area contributed by atoms with E-state index in [1.807, 2.05) is 20.8 Å². The Labute approximate surface area is 125 Å². The highest BCUT2D eigenvalue weighted by Crippen LogP contribution is 2.21. The third-order valence-corrected chi connectivity index (χ3v) is 3.13. The van der Waals surface area contributed by atoms with Crippen LogP contribution in [0.1, 0.15) is 39.2 Å². The number of hydrogen-bond acceptors (Lipinski definition) is 3. The van der Waals surface area contributed by atoms with Gasteiger partial charge < -0.3 is 15.4 Å². The Balaban J connectivity index is 1.94. The second kappa shape index (κ2) is 6.43. The van der Waals surface area contributed by atoms with Crippen molar-refractivity contribution in [3.63, 3.8) is 0 Å². The zero-order chi connectivity index (χ0) is 15.5. The van der Waals surface area contributed by atoms with Crippen LogP contribution >= 0.6 is 0 Å². The van der Waals surface area contributed by atoms with E-state index >= 15 is 0 Å². The lowest BCUT2D eigenvalue weighted by atomic mass is 10.1. The normalized spacial score (nSPS) is 14.9. The molecule has 0 spiro atoms. The number of nitrogens with one attached hydrogen (secondary N) is 2. The molecule has 0 aromatic heterocycles. The largest absolute Gasteiger partial charge is 0.483 e. The molecule has 0 unspecified atom stereocenters. The Kier molecular flexibility index (Phi) is 4.83. The van der Waals surface area contributed by atoms with E-state index in [2.05, 4.69) is 10.6 Å². The number of rotatable bonds is 6. The molecule has 2 N–H and O–H groups in total. The van der Waals surface area contributed by atoms with Crippen LogP contribution in [0.5, 0.6) is 5.75 Å². The van der Waals surface area contributed by atoms with Crippen LogP contribution in [0.15, 0.2) is 18.2 Å². The molecule has 1 aromatic carbocycles. The molecule has 0 saturated heterocycles. The maximum Gasteiger partial charge on any atom is 0.258 e. The van der Waals surface area contributed by atoms with Gasteiger partial charge in [-0.2, -0.15) is 0 Å². The van der Waals surface area contributed by atoms with Crippen molar-refractivity contribution >= 4 is 5.91 Å². The number of amides is 1. The van der Waals surface area contributed by atoms with Crippen molar-refractivity contribution in [2.75, 3.05) is 6.61 Å². The lowest BCUT2D eigenvalue weighted by molar-refractivity contribution is -0.123. The molecule has 1 saturated carbocycles. The van der Waals surface area contributed by atoms with Gasteiger partial charge >= 0.3 is 0 Å². The number of halogens is 1. The van der Waals surface area contributed by atoms with E-state index in [0.717, 1.165) is 12.8 Å². The Bertz CT molecular complexity index is 507. The molecule has 0 bridgehead atoms. The maximum atomic E-state index is 13.4. The number of hydrogen-bond donors (Lipinski definition) is 2. The quantitative estimate of drug-likeness (QED) is 0.847. The Hall–Kier alpha value is -1.62. The minimum Gasteiger partial charge on any atom is -0.483 e. The Morgan fingerprint density at radius 3 is 2.71 bits per heavy atom. The van der Waals surface area contributed by atoms with E-state index in [1.165, 1.54) is 12.1 Å². The minimum atomic E-state index is -0.310. The number of ether oxygens (including phenoxy) is 1. The number of carbonyl (C=O) groups is 1. The van der Waals surface area contributed by atoms with Crippen molar-refractivity contribution in [1.29, 1.82) is 0 Å². The summed E-state index contributed by atoms with van der Waals surface area (Å²) in [5.41, 5.74) is 0.636. The fourth-order valence-electron chi connectivity index (χ4n) is 1.83. The topological polar surface area (TPSA) is 50.4 Å². The first-order chi connectivity index (χ1) is 9.83. The highest BCUT2D eigenvalue weighted by molar-refractivity contribution is 5.78. The lowest BCUT2D eigenvalue weighted by Crippen LogP contribution is -2.35. The molecule has 5 heteroatoms. The molecular formula is C16H23FN2O2. The van der Waals surface area contributed by atoms with E-state index in [-0.39, 0.29) is 23.9 Å². The molecule has 1 amide bonds. The fraction of sp³-hybridized carbons (Fsp3) is 0.562. The zero-order valence-corrected chi connectivity index (χ0v) is 12.8. The van der Waals surface area contributed by atoms with Crippen LogP contribution in [0.3, 0.4) is 0 Å². The van der Waals surface area contributed by atoms with E-state index < -0.39 is 0 Å². The van der Waals surface area contributed by atoms with Crippen molar-refractivity contribution < 1.29 is 13.9 Å². The molecule has 0 heterocycles. The van der Waals surface area contributed by atoms with Gasteiger partial charge in [0.25, 0.3) is 5.91 Å². The van der Waals surface area contributed by atoms with Crippen LogP contribution in [0.25, 0.3) is 0 Å². The van der Waals surface area contributed by atoms with Crippen LogP contribution in [-0.2, 0) is 11.3 Å². The van der Waals surface area contributed by atoms with Gasteiger partial charge in [-0.25, -0.2) is 4.39 Å². The van der Waals surface area contributed by atoms with Gasteiger partial charge in [0, 0.05) is 23.7 Å². The first-order valence-electron chi connectivity index (χ1n) is 7.29. The van der Waals surface area contributed by atoms with Gasteiger partial charge in [-0.3, -0.25) is 4.79 Å². The van der Waals surface area contributed by atoms with Gasteiger partial charge in [-0.15, -0.1) is 0 Å². The van der Waals surface area contributed by atoms with Crippen LogP contribution < -0.4 is 15.4 Å². The molecule has 1 fully saturated rings. The lowest BCUT2D eigenvalue weighted by Gasteiger charge is -2.21. The smallest absolute Gasteiger partial charge is 0.258 e. The molecule has 1 aliphatic carbocycles. The molecule has 0 aliphatic heterocycles. The van der Waals surface area contributed by atoms with Gasteiger partial charge in [0.05, 0.1) is 0 Å². The molecular weight excluding hydrogens is 271 g/mol. The molecule has 4 nitrogen and oxygen atoms in total. The van der Waals surface area contributed by atoms with Gasteiger partial charge in [0.15, 0.2) is 6.61 Å². The summed E-state index contributed by atoms with van der Waals surface area (Å²) in [7, 11) is 0. The van der Waals surface area contributed by atoms with Crippen molar-refractivity contribution in [3.05, 3.63) is 29.6 Å². The third kappa shape index (κ3) is 5.71. The van der Waals surface area contributed by atoms with E-state index in [9.17, 15) is 9.18 Å². The molecule has 21 heavy (non-hydrogen) atoms. The van der Waals surface area contributed by atoms with Crippen LogP contribution in [0.4, 0.5) is 4.39 Å². The zero-order valence-electron chi connectivity index (χ0n) is 12.8. The average molecular weight is 294 g/mol. The number of benzene rings is 1. The van der Waals surface area contributed by atoms with Crippen LogP contribution in [0.2, 0.25) is 0 Å². The van der Waals surface area contributed by atoms with Crippen molar-refractivity contribution in [1.82, 2.24) is 10.6 Å². The summed E-state index contributed by atoms with van der Waals surface area (Å²) in [6, 6.07) is 4.66. The molecule has 116 valence electrons. The summed E-state index contributed by atoms with van der Waals surface area (Å²) in [4.78, 5) is 11.6. The molecule has 0 atom stereocenters. The summed E-state index contributed by atoms with van der Waals surface area (Å²) >= 11 is 0. The molecule has 1 aromatic rings. The van der Waals surface area contributed by atoms with Crippen molar-refractivity contribution in [2.24, 2.45) is 0 Å². The predicted octanol–water partition coefficient (Wildman–Crippen LogP) is 2.37. The monoisotopic (exact) mass is 294 g/mol. The van der Waals surface area contributed by atoms with Crippen molar-refractivity contribution in [2.45, 2.75) is 51.7 Å². The second-order valence-electron chi connectivity index (χ2n) is 6.49. The van der Waals surface area contributed by atoms with E-state index in [0.29, 0.717) is 23.9 Å². The van der Waals surface area contributed by atoms with Crippen LogP contribution in [0, 0.1) is 5.82 Å². The Morgan fingerprint density at radius 1 is 1.38 bits per heavy atom. The highest BCUT2D eigenvalue weighted by atomic mass is 19.1. The SMILES string of the molecule is CC(C)(C)NCc1cc(F)ccc1OCC(=O)NC1CC1. The summed E-state index contributed by atoms with van der Waals surface area (Å²) in [6.07, 6.45) is 2.09. The summed E-state index contributed by atoms with van der Waals surface area (Å²) in [6.45, 7) is 6.56. The first-order valence-corrected chi connectivity index (χ1v) is 7.29. The standard InChI is InChI=1S/C16H23FN2O2/c1-16(2,3)18-9-11-8-12(17)4-7-14(11)21-10-15(20)19-13-5-6-13/h4,7-8,13,18H,5-6,9-10H2,1-3H3,(H,19,20). The first kappa shape index (κ1) is 15.8. The summed E-state index contributed by atoms with van der Waals surface area (Å²) < 4.78 is 18.9. The molecule has 2 rings (SSSR count). The third-order valence-electron chi connectivity index (χ3n) is 3.13. The Morgan fingerprint density at radius 2 is 2.10 bits per heavy atom. The predicted molar refractivity (Wildman–Crippen MR) is 79.7 cm³/mol. The fourth-order valence-corrected chi connectivity index (χ4v) is 1.83. The van der Waals surface area contributed by atoms with Gasteiger partial charge in [-0.05, 0) is 51.8 Å². The highest BCUT2D eigenvalue weighted by Gasteiger charge is 2.23. The van der Waals surface area contributed by atoms with E-state index in [4.69, 9.17) is 4.74 Å². The van der Waals surface area contributed by atoms with Crippen LogP contribution in [-0.4, -0.2) is 24.1 Å². The summed E-state index contributed by atoms with van der Waals surface area (Å²) in [5.74, 6) is 0.103. The van der Waals surface area contributed by atoms with Crippen molar-refractivity contribution in [3.8, 4) is 5.75 Å². The average Bonchev–Trinajstić information content (AvgIpc) is 3.18. The van der Waals surface area contributed by atoms with Gasteiger partial charge in [-0.1, -0.05) is 0 Å². The molecule has 0 radical (unpaired) electrons. The molecule has 1 aliphatic rings. The second-order valence-corrected chi connectivity index (χ2v) is 6.49. The number of carbonyl (C=O) groups excluding carboxylic acids is 1. The minimum absolute atomic E-state index is 0.0371. The van der Waals surface area contributed by atoms with Gasteiger partial charge in [0.2, 0.25) is 0 Å².